The van der Waals surface area contributed by atoms with Crippen LogP contribution in [0.2, 0.25) is 5.02 Å². The zero-order chi connectivity index (χ0) is 22.4. The van der Waals surface area contributed by atoms with E-state index in [9.17, 15) is 29.7 Å². The number of aromatic nitrogens is 4. The average molecular weight is 452 g/mol. The lowest BCUT2D eigenvalue weighted by atomic mass is 10.1. The number of H-pyrrole nitrogens is 1. The molecular weight excluding hydrogens is 434 g/mol. The molecule has 4 atom stereocenters. The maximum absolute atomic E-state index is 13.2. The molecule has 0 radical (unpaired) electrons. The number of aliphatic hydroxyl groups excluding tert-OH is 3. The average Bonchev–Trinajstić information content (AvgIpc) is 3.16. The van der Waals surface area contributed by atoms with Gasteiger partial charge in [-0.1, -0.05) is 11.6 Å². The number of Topliss-reactive ketones (excluding diaryl/α,β-unsaturated/α-hetero) is 1. The second-order valence-corrected chi connectivity index (χ2v) is 7.46. The predicted molar refractivity (Wildman–Crippen MR) is 108 cm³/mol. The fourth-order valence-electron chi connectivity index (χ4n) is 3.54. The number of nitrogen functional groups attached to an aromatic ring is 1. The van der Waals surface area contributed by atoms with E-state index >= 15 is 0 Å². The highest BCUT2D eigenvalue weighted by Gasteiger charge is 2.45. The Bertz CT molecular complexity index is 1270. The number of aliphatic hydroxyl groups is 3. The number of halogens is 1. The fourth-order valence-corrected chi connectivity index (χ4v) is 3.67. The van der Waals surface area contributed by atoms with E-state index in [4.69, 9.17) is 22.1 Å². The number of benzene rings is 1. The van der Waals surface area contributed by atoms with Crippen LogP contribution in [0.3, 0.4) is 0 Å². The summed E-state index contributed by atoms with van der Waals surface area (Å²) in [6, 6.07) is 5.97. The highest BCUT2D eigenvalue weighted by Crippen LogP contribution is 2.30. The number of rotatable bonds is 5. The zero-order valence-corrected chi connectivity index (χ0v) is 16.6. The number of imidazole rings is 1. The van der Waals surface area contributed by atoms with Crippen molar-refractivity contribution in [2.75, 3.05) is 12.3 Å². The second-order valence-electron chi connectivity index (χ2n) is 7.02. The molecule has 6 N–H and O–H groups in total. The van der Waals surface area contributed by atoms with E-state index < -0.39 is 54.7 Å². The van der Waals surface area contributed by atoms with Crippen LogP contribution in [-0.2, 0) is 11.3 Å². The lowest BCUT2D eigenvalue weighted by molar-refractivity contribution is -0.0527. The first kappa shape index (κ1) is 21.2. The van der Waals surface area contributed by atoms with E-state index in [0.717, 1.165) is 9.13 Å². The SMILES string of the molecule is Nc1nc2c(c(=O)[nH]1)n(CC(=O)c1ccc(Cl)cc1)c(=O)n2C1OC(CO)[C@@H](O)[C@H]1O. The monoisotopic (exact) mass is 451 g/mol. The lowest BCUT2D eigenvalue weighted by Crippen LogP contribution is -2.36. The molecule has 1 saturated heterocycles. The van der Waals surface area contributed by atoms with Gasteiger partial charge in [-0.2, -0.15) is 4.98 Å². The normalized spacial score (nSPS) is 23.5. The standard InChI is InChI=1S/C18H18ClN5O7/c19-8-3-1-7(2-4-8)9(26)5-23-11-14(21-17(20)22-15(11)29)24(18(23)30)16-13(28)12(27)10(6-25)31-16/h1-4,10,12-13,16,25,27-28H,5-6H2,(H3,20,21,22,29)/t10?,12-,13-,16?/m1/s1. The highest BCUT2D eigenvalue weighted by molar-refractivity contribution is 6.30. The molecule has 3 aromatic rings. The number of hydrogen-bond acceptors (Lipinski definition) is 9. The molecule has 0 amide bonds. The number of hydrogen-bond donors (Lipinski definition) is 5. The van der Waals surface area contributed by atoms with E-state index in [1.807, 2.05) is 0 Å². The molecule has 1 aliphatic heterocycles. The van der Waals surface area contributed by atoms with Crippen LogP contribution < -0.4 is 17.0 Å². The molecule has 164 valence electrons. The van der Waals surface area contributed by atoms with E-state index in [-0.39, 0.29) is 22.7 Å². The zero-order valence-electron chi connectivity index (χ0n) is 15.8. The molecule has 1 aromatic carbocycles. The van der Waals surface area contributed by atoms with Gasteiger partial charge in [0.05, 0.1) is 13.2 Å². The van der Waals surface area contributed by atoms with Crippen molar-refractivity contribution >= 4 is 34.5 Å². The molecule has 0 saturated carbocycles. The van der Waals surface area contributed by atoms with E-state index in [1.165, 1.54) is 24.3 Å². The number of carbonyl (C=O) groups is 1. The van der Waals surface area contributed by atoms with Crippen LogP contribution in [0.4, 0.5) is 5.95 Å². The Balaban J connectivity index is 1.86. The molecular formula is C18H18ClN5O7. The smallest absolute Gasteiger partial charge is 0.333 e. The molecule has 4 rings (SSSR count). The van der Waals surface area contributed by atoms with Crippen LogP contribution >= 0.6 is 11.6 Å². The molecule has 0 aliphatic carbocycles. The quantitative estimate of drug-likeness (QED) is 0.291. The van der Waals surface area contributed by atoms with Gasteiger partial charge in [0.25, 0.3) is 5.56 Å². The Hall–Kier alpha value is -3.03. The van der Waals surface area contributed by atoms with Gasteiger partial charge in [0.1, 0.15) is 18.3 Å². The number of carbonyl (C=O) groups excluding carboxylic acids is 1. The number of aromatic amines is 1. The number of fused-ring (bicyclic) bond motifs is 1. The van der Waals surface area contributed by atoms with Crippen LogP contribution in [0, 0.1) is 0 Å². The van der Waals surface area contributed by atoms with E-state index in [1.54, 1.807) is 0 Å². The summed E-state index contributed by atoms with van der Waals surface area (Å²) in [4.78, 5) is 44.7. The molecule has 12 nitrogen and oxygen atoms in total. The van der Waals surface area contributed by atoms with Crippen molar-refractivity contribution in [3.8, 4) is 0 Å². The first-order valence-electron chi connectivity index (χ1n) is 9.14. The summed E-state index contributed by atoms with van der Waals surface area (Å²) < 4.78 is 7.13. The van der Waals surface area contributed by atoms with Gasteiger partial charge in [0.2, 0.25) is 5.95 Å². The van der Waals surface area contributed by atoms with E-state index in [2.05, 4.69) is 9.97 Å². The Labute approximate surface area is 178 Å². The molecule has 0 spiro atoms. The predicted octanol–water partition coefficient (Wildman–Crippen LogP) is -1.38. The summed E-state index contributed by atoms with van der Waals surface area (Å²) in [7, 11) is 0. The van der Waals surface area contributed by atoms with Crippen molar-refractivity contribution < 1.29 is 24.9 Å². The number of nitrogens with zero attached hydrogens (tertiary/aromatic N) is 3. The number of anilines is 1. The first-order valence-corrected chi connectivity index (χ1v) is 9.52. The van der Waals surface area contributed by atoms with Crippen LogP contribution in [0.5, 0.6) is 0 Å². The van der Waals surface area contributed by atoms with Gasteiger partial charge in [-0.15, -0.1) is 0 Å². The van der Waals surface area contributed by atoms with Crippen molar-refractivity contribution in [3.05, 3.63) is 55.7 Å². The Morgan fingerprint density at radius 2 is 1.90 bits per heavy atom. The van der Waals surface area contributed by atoms with Crippen molar-refractivity contribution in [3.63, 3.8) is 0 Å². The minimum absolute atomic E-state index is 0.245. The Kier molecular flexibility index (Phi) is 5.41. The third-order valence-corrected chi connectivity index (χ3v) is 5.32. The van der Waals surface area contributed by atoms with Crippen molar-refractivity contribution in [2.45, 2.75) is 31.1 Å². The maximum Gasteiger partial charge on any atom is 0.333 e. The third kappa shape index (κ3) is 3.54. The van der Waals surface area contributed by atoms with Gasteiger partial charge in [-0.05, 0) is 24.3 Å². The summed E-state index contributed by atoms with van der Waals surface area (Å²) in [6.07, 6.45) is -5.73. The molecule has 2 unspecified atom stereocenters. The minimum Gasteiger partial charge on any atom is -0.394 e. The number of nitrogens with one attached hydrogen (secondary N) is 1. The Morgan fingerprint density at radius 3 is 2.52 bits per heavy atom. The van der Waals surface area contributed by atoms with Gasteiger partial charge in [0, 0.05) is 10.6 Å². The molecule has 0 bridgehead atoms. The molecule has 31 heavy (non-hydrogen) atoms. The summed E-state index contributed by atoms with van der Waals surface area (Å²) in [6.45, 7) is -1.14. The minimum atomic E-state index is -1.61. The first-order chi connectivity index (χ1) is 14.7. The van der Waals surface area contributed by atoms with Crippen LogP contribution in [-0.4, -0.2) is 65.1 Å². The second kappa shape index (κ2) is 7.90. The maximum atomic E-state index is 13.2. The van der Waals surface area contributed by atoms with Crippen molar-refractivity contribution in [1.82, 2.24) is 19.1 Å². The lowest BCUT2D eigenvalue weighted by Gasteiger charge is -2.15. The summed E-state index contributed by atoms with van der Waals surface area (Å²) in [5.41, 5.74) is 3.68. The van der Waals surface area contributed by atoms with Gasteiger partial charge in [-0.3, -0.25) is 19.1 Å². The molecule has 13 heteroatoms. The summed E-state index contributed by atoms with van der Waals surface area (Å²) >= 11 is 5.83. The van der Waals surface area contributed by atoms with Crippen LogP contribution in [0.25, 0.3) is 11.2 Å². The summed E-state index contributed by atoms with van der Waals surface area (Å²) in [5.74, 6) is -0.797. The van der Waals surface area contributed by atoms with Crippen LogP contribution in [0.1, 0.15) is 16.6 Å². The van der Waals surface area contributed by atoms with Gasteiger partial charge in [-0.25, -0.2) is 9.36 Å². The van der Waals surface area contributed by atoms with Crippen LogP contribution in [0.15, 0.2) is 33.9 Å². The van der Waals surface area contributed by atoms with Gasteiger partial charge < -0.3 is 25.8 Å². The molecule has 1 fully saturated rings. The van der Waals surface area contributed by atoms with Crippen molar-refractivity contribution in [2.24, 2.45) is 0 Å². The number of ketones is 1. The molecule has 1 aliphatic rings. The van der Waals surface area contributed by atoms with E-state index in [0.29, 0.717) is 5.02 Å². The van der Waals surface area contributed by atoms with Gasteiger partial charge >= 0.3 is 5.69 Å². The Morgan fingerprint density at radius 1 is 1.23 bits per heavy atom. The van der Waals surface area contributed by atoms with Gasteiger partial charge in [0.15, 0.2) is 23.2 Å². The fraction of sp³-hybridized carbons (Fsp3) is 0.333. The largest absolute Gasteiger partial charge is 0.394 e. The topological polar surface area (TPSA) is 186 Å². The third-order valence-electron chi connectivity index (χ3n) is 5.07. The van der Waals surface area contributed by atoms with Crippen molar-refractivity contribution in [1.29, 1.82) is 0 Å². The number of ether oxygens (including phenoxy) is 1. The molecule has 2 aromatic heterocycles. The highest BCUT2D eigenvalue weighted by atomic mass is 35.5. The molecule has 3 heterocycles. The summed E-state index contributed by atoms with van der Waals surface area (Å²) in [5, 5.41) is 30.1. The number of nitrogens with two attached hydrogens (primary N) is 1.